The average Bonchev–Trinajstić information content (AvgIpc) is 2.55. The molecule has 0 bridgehead atoms. The first kappa shape index (κ1) is 15.2. The van der Waals surface area contributed by atoms with Crippen molar-refractivity contribution in [3.05, 3.63) is 42.5 Å². The van der Waals surface area contributed by atoms with Crippen LogP contribution in [0.1, 0.15) is 12.8 Å². The van der Waals surface area contributed by atoms with Crippen LogP contribution in [0.25, 0.3) is 0 Å². The van der Waals surface area contributed by atoms with Gasteiger partial charge < -0.3 is 15.3 Å². The van der Waals surface area contributed by atoms with E-state index in [1.165, 1.54) is 18.5 Å². The third-order valence-electron chi connectivity index (χ3n) is 3.84. The van der Waals surface area contributed by atoms with Crippen molar-refractivity contribution in [1.82, 2.24) is 9.97 Å². The number of anilines is 3. The zero-order chi connectivity index (χ0) is 16.2. The topological polar surface area (TPSA) is 78.4 Å². The SMILES string of the molecule is O=C(O)[C@@H]1CCCN(c2cc(Nc3cccc(F)c3)ncn2)C1. The number of aliphatic carboxylic acids is 1. The van der Waals surface area contributed by atoms with Gasteiger partial charge in [-0.3, -0.25) is 4.79 Å². The smallest absolute Gasteiger partial charge is 0.308 e. The lowest BCUT2D eigenvalue weighted by Gasteiger charge is -2.31. The van der Waals surface area contributed by atoms with Crippen molar-refractivity contribution >= 4 is 23.3 Å². The molecule has 1 fully saturated rings. The zero-order valence-corrected chi connectivity index (χ0v) is 12.4. The lowest BCUT2D eigenvalue weighted by molar-refractivity contribution is -0.141. The molecule has 0 saturated carbocycles. The molecule has 1 aromatic carbocycles. The van der Waals surface area contributed by atoms with Gasteiger partial charge in [0.25, 0.3) is 0 Å². The van der Waals surface area contributed by atoms with Crippen LogP contribution in [0.15, 0.2) is 36.7 Å². The Bertz CT molecular complexity index is 710. The predicted molar refractivity (Wildman–Crippen MR) is 84.3 cm³/mol. The van der Waals surface area contributed by atoms with Gasteiger partial charge in [-0.25, -0.2) is 14.4 Å². The van der Waals surface area contributed by atoms with E-state index < -0.39 is 5.97 Å². The van der Waals surface area contributed by atoms with Crippen molar-refractivity contribution in [2.45, 2.75) is 12.8 Å². The molecule has 2 heterocycles. The number of nitrogens with one attached hydrogen (secondary N) is 1. The number of hydrogen-bond donors (Lipinski definition) is 2. The summed E-state index contributed by atoms with van der Waals surface area (Å²) in [5.74, 6) is -0.271. The van der Waals surface area contributed by atoms with E-state index in [-0.39, 0.29) is 11.7 Å². The van der Waals surface area contributed by atoms with Crippen molar-refractivity contribution in [1.29, 1.82) is 0 Å². The molecule has 1 aliphatic heterocycles. The second-order valence-electron chi connectivity index (χ2n) is 5.52. The van der Waals surface area contributed by atoms with Crippen LogP contribution in [0.2, 0.25) is 0 Å². The summed E-state index contributed by atoms with van der Waals surface area (Å²) in [5.41, 5.74) is 0.594. The fourth-order valence-electron chi connectivity index (χ4n) is 2.69. The molecule has 3 rings (SSSR count). The number of rotatable bonds is 4. The van der Waals surface area contributed by atoms with Gasteiger partial charge in [0, 0.05) is 24.8 Å². The molecule has 1 atom stereocenters. The molecule has 23 heavy (non-hydrogen) atoms. The van der Waals surface area contributed by atoms with Crippen LogP contribution < -0.4 is 10.2 Å². The van der Waals surface area contributed by atoms with E-state index in [4.69, 9.17) is 0 Å². The van der Waals surface area contributed by atoms with Crippen molar-refractivity contribution < 1.29 is 14.3 Å². The van der Waals surface area contributed by atoms with E-state index >= 15 is 0 Å². The molecular weight excluding hydrogens is 299 g/mol. The highest BCUT2D eigenvalue weighted by molar-refractivity contribution is 5.71. The van der Waals surface area contributed by atoms with Crippen LogP contribution in [0.5, 0.6) is 0 Å². The van der Waals surface area contributed by atoms with Gasteiger partial charge in [-0.1, -0.05) is 6.07 Å². The average molecular weight is 316 g/mol. The van der Waals surface area contributed by atoms with Crippen LogP contribution in [0.4, 0.5) is 21.7 Å². The zero-order valence-electron chi connectivity index (χ0n) is 12.4. The molecule has 0 radical (unpaired) electrons. The summed E-state index contributed by atoms with van der Waals surface area (Å²) in [5, 5.41) is 12.2. The third kappa shape index (κ3) is 3.74. The van der Waals surface area contributed by atoms with Crippen LogP contribution >= 0.6 is 0 Å². The summed E-state index contributed by atoms with van der Waals surface area (Å²) in [6.45, 7) is 1.20. The number of carboxylic acid groups (broad SMARTS) is 1. The summed E-state index contributed by atoms with van der Waals surface area (Å²) in [6.07, 6.45) is 2.92. The lowest BCUT2D eigenvalue weighted by atomic mass is 9.98. The largest absolute Gasteiger partial charge is 0.481 e. The first-order valence-electron chi connectivity index (χ1n) is 7.44. The molecule has 1 aliphatic rings. The molecule has 0 spiro atoms. The molecule has 1 saturated heterocycles. The molecule has 6 nitrogen and oxygen atoms in total. The maximum absolute atomic E-state index is 13.2. The third-order valence-corrected chi connectivity index (χ3v) is 3.84. The summed E-state index contributed by atoms with van der Waals surface area (Å²) >= 11 is 0. The Hall–Kier alpha value is -2.70. The van der Waals surface area contributed by atoms with Crippen molar-refractivity contribution in [2.75, 3.05) is 23.3 Å². The minimum absolute atomic E-state index is 0.329. The summed E-state index contributed by atoms with van der Waals surface area (Å²) in [4.78, 5) is 21.5. The summed E-state index contributed by atoms with van der Waals surface area (Å²) < 4.78 is 13.2. The second-order valence-corrected chi connectivity index (χ2v) is 5.52. The number of benzene rings is 1. The van der Waals surface area contributed by atoms with E-state index in [2.05, 4.69) is 15.3 Å². The fourth-order valence-corrected chi connectivity index (χ4v) is 2.69. The Morgan fingerprint density at radius 2 is 2.22 bits per heavy atom. The Kier molecular flexibility index (Phi) is 4.36. The van der Waals surface area contributed by atoms with Gasteiger partial charge in [0.05, 0.1) is 5.92 Å². The number of carboxylic acids is 1. The highest BCUT2D eigenvalue weighted by atomic mass is 19.1. The highest BCUT2D eigenvalue weighted by Gasteiger charge is 2.26. The number of aromatic nitrogens is 2. The standard InChI is InChI=1S/C16H17FN4O2/c17-12-4-1-5-13(7-12)20-14-8-15(19-10-18-14)21-6-2-3-11(9-21)16(22)23/h1,4-5,7-8,10-11H,2-3,6,9H2,(H,22,23)(H,18,19,20)/t11-/m1/s1. The lowest BCUT2D eigenvalue weighted by Crippen LogP contribution is -2.39. The number of hydrogen-bond acceptors (Lipinski definition) is 5. The first-order chi connectivity index (χ1) is 11.1. The van der Waals surface area contributed by atoms with Crippen molar-refractivity contribution in [3.63, 3.8) is 0 Å². The predicted octanol–water partition coefficient (Wildman–Crippen LogP) is 2.66. The maximum atomic E-state index is 13.2. The van der Waals surface area contributed by atoms with Gasteiger partial charge in [0.2, 0.25) is 0 Å². The molecular formula is C16H17FN4O2. The van der Waals surface area contributed by atoms with E-state index in [0.717, 1.165) is 13.0 Å². The Morgan fingerprint density at radius 1 is 1.35 bits per heavy atom. The van der Waals surface area contributed by atoms with Gasteiger partial charge >= 0.3 is 5.97 Å². The van der Waals surface area contributed by atoms with Gasteiger partial charge in [-0.2, -0.15) is 0 Å². The molecule has 1 aromatic heterocycles. The molecule has 0 aliphatic carbocycles. The van der Waals surface area contributed by atoms with E-state index in [9.17, 15) is 14.3 Å². The van der Waals surface area contributed by atoms with Crippen LogP contribution in [-0.4, -0.2) is 34.1 Å². The molecule has 2 aromatic rings. The number of halogens is 1. The fraction of sp³-hybridized carbons (Fsp3) is 0.312. The van der Waals surface area contributed by atoms with Gasteiger partial charge in [0.1, 0.15) is 23.8 Å². The number of carbonyl (C=O) groups is 1. The van der Waals surface area contributed by atoms with E-state index in [1.807, 2.05) is 4.90 Å². The summed E-state index contributed by atoms with van der Waals surface area (Å²) in [7, 11) is 0. The van der Waals surface area contributed by atoms with Gasteiger partial charge in [-0.15, -0.1) is 0 Å². The minimum Gasteiger partial charge on any atom is -0.481 e. The number of nitrogens with zero attached hydrogens (tertiary/aromatic N) is 3. The quantitative estimate of drug-likeness (QED) is 0.903. The van der Waals surface area contributed by atoms with Gasteiger partial charge in [-0.05, 0) is 31.0 Å². The molecule has 0 unspecified atom stereocenters. The molecule has 7 heteroatoms. The maximum Gasteiger partial charge on any atom is 0.308 e. The first-order valence-corrected chi connectivity index (χ1v) is 7.44. The Morgan fingerprint density at radius 3 is 3.00 bits per heavy atom. The molecule has 0 amide bonds. The van der Waals surface area contributed by atoms with Crippen LogP contribution in [0.3, 0.4) is 0 Å². The van der Waals surface area contributed by atoms with Crippen LogP contribution in [0, 0.1) is 11.7 Å². The minimum atomic E-state index is -0.776. The van der Waals surface area contributed by atoms with Crippen LogP contribution in [-0.2, 0) is 4.79 Å². The van der Waals surface area contributed by atoms with Crippen molar-refractivity contribution in [3.8, 4) is 0 Å². The summed E-state index contributed by atoms with van der Waals surface area (Å²) in [6, 6.07) is 7.85. The molecule has 120 valence electrons. The van der Waals surface area contributed by atoms with Gasteiger partial charge in [0.15, 0.2) is 0 Å². The van der Waals surface area contributed by atoms with E-state index in [1.54, 1.807) is 18.2 Å². The monoisotopic (exact) mass is 316 g/mol. The van der Waals surface area contributed by atoms with E-state index in [0.29, 0.717) is 30.3 Å². The second kappa shape index (κ2) is 6.60. The Labute approximate surface area is 133 Å². The molecule has 2 N–H and O–H groups in total. The number of piperidine rings is 1. The normalized spacial score (nSPS) is 17.8. The Balaban J connectivity index is 1.75. The van der Waals surface area contributed by atoms with Crippen molar-refractivity contribution in [2.24, 2.45) is 5.92 Å². The highest BCUT2D eigenvalue weighted by Crippen LogP contribution is 2.24.